The quantitative estimate of drug-likeness (QED) is 0.109. The second-order valence-electron chi connectivity index (χ2n) is 20.0. The number of likely N-dealkylation sites (N-methyl/N-ethyl adjacent to an activating group) is 2. The number of hydrogen-bond acceptors (Lipinski definition) is 14. The molecule has 0 spiro atoms. The zero-order chi connectivity index (χ0) is 46.4. The summed E-state index contributed by atoms with van der Waals surface area (Å²) in [7, 11) is 7.39. The molecule has 5 N–H and O–H groups in total. The number of esters is 1. The molecule has 0 aromatic carbocycles. The third-order valence-corrected chi connectivity index (χ3v) is 13.9. The number of rotatable bonds is 12. The number of carbonyl (C=O) groups excluding carboxylic acids is 2. The molecule has 3 fully saturated rings. The summed E-state index contributed by atoms with van der Waals surface area (Å²) >= 11 is 0. The van der Waals surface area contributed by atoms with Crippen LogP contribution in [-0.2, 0) is 38.0 Å². The standard InChI is InChI=1S/C46H85N3O12/c1-17-35-46(12,55)39(51)31(8)49(15)25-27(4)23-44(10,54)41(29(6)37(30(7)42(53)60-35)34-24-45(11,56-16)40(52)32(9)59-34)61-43-38(33(48(13)14)22-28(5)58-43)57-20-18-19-47-36(50)21-26(2)3/h21,27-35,37-41,43,51-52,54-55H,17-20,22-25H2,1-16H3,(H,47,50)/t27-,28-,29+,30-,31-,32+,33+,34-,35-,37?,38-,39-,40+,41-,43+,44-,45-,46-/m1/s1. The maximum absolute atomic E-state index is 14.6. The molecule has 15 nitrogen and oxygen atoms in total. The Labute approximate surface area is 367 Å². The van der Waals surface area contributed by atoms with Gasteiger partial charge in [-0.25, -0.2) is 0 Å². The average Bonchev–Trinajstić information content (AvgIpc) is 3.16. The fourth-order valence-corrected chi connectivity index (χ4v) is 10.3. The molecule has 18 atom stereocenters. The molecule has 0 saturated carbocycles. The Balaban J connectivity index is 2.19. The van der Waals surface area contributed by atoms with Crippen LogP contribution in [0.4, 0.5) is 0 Å². The van der Waals surface area contributed by atoms with Gasteiger partial charge in [-0.2, -0.15) is 0 Å². The third kappa shape index (κ3) is 13.4. The van der Waals surface area contributed by atoms with Gasteiger partial charge in [0.15, 0.2) is 6.29 Å². The highest BCUT2D eigenvalue weighted by Gasteiger charge is 2.55. The number of hydrogen-bond donors (Lipinski definition) is 5. The second kappa shape index (κ2) is 22.4. The summed E-state index contributed by atoms with van der Waals surface area (Å²) in [4.78, 5) is 30.9. The number of ether oxygens (including phenoxy) is 6. The molecule has 356 valence electrons. The van der Waals surface area contributed by atoms with Gasteiger partial charge in [-0.15, -0.1) is 0 Å². The molecule has 1 amide bonds. The molecule has 15 heteroatoms. The maximum atomic E-state index is 14.6. The van der Waals surface area contributed by atoms with Crippen LogP contribution in [0.1, 0.15) is 115 Å². The van der Waals surface area contributed by atoms with Crippen LogP contribution in [-0.4, -0.2) is 174 Å². The molecular formula is C46H85N3O12. The van der Waals surface area contributed by atoms with E-state index in [1.54, 1.807) is 40.9 Å². The lowest BCUT2D eigenvalue weighted by molar-refractivity contribution is -0.308. The minimum atomic E-state index is -1.79. The van der Waals surface area contributed by atoms with Crippen LogP contribution >= 0.6 is 0 Å². The molecule has 0 aromatic rings. The Kier molecular flexibility index (Phi) is 19.7. The third-order valence-electron chi connectivity index (χ3n) is 13.9. The van der Waals surface area contributed by atoms with Gasteiger partial charge in [-0.3, -0.25) is 9.59 Å². The topological polar surface area (TPSA) is 189 Å². The highest BCUT2D eigenvalue weighted by atomic mass is 16.7. The summed E-state index contributed by atoms with van der Waals surface area (Å²) in [5, 5.41) is 50.6. The molecule has 3 heterocycles. The molecular weight excluding hydrogens is 787 g/mol. The van der Waals surface area contributed by atoms with Crippen LogP contribution in [0.2, 0.25) is 0 Å². The van der Waals surface area contributed by atoms with E-state index in [4.69, 9.17) is 28.4 Å². The van der Waals surface area contributed by atoms with E-state index in [1.807, 2.05) is 74.5 Å². The minimum absolute atomic E-state index is 0.119. The number of aliphatic hydroxyl groups is 4. The van der Waals surface area contributed by atoms with E-state index < -0.39 is 95.6 Å². The van der Waals surface area contributed by atoms with Crippen molar-refractivity contribution in [2.75, 3.05) is 47.9 Å². The summed E-state index contributed by atoms with van der Waals surface area (Å²) in [6.45, 7) is 23.2. The van der Waals surface area contributed by atoms with Crippen molar-refractivity contribution in [1.29, 1.82) is 0 Å². The van der Waals surface area contributed by atoms with Crippen molar-refractivity contribution in [2.45, 2.75) is 199 Å². The molecule has 1 unspecified atom stereocenters. The first-order valence-electron chi connectivity index (χ1n) is 22.7. The lowest BCUT2D eigenvalue weighted by Crippen LogP contribution is -2.62. The van der Waals surface area contributed by atoms with Gasteiger partial charge < -0.3 is 64.0 Å². The van der Waals surface area contributed by atoms with Crippen molar-refractivity contribution >= 4 is 11.9 Å². The van der Waals surface area contributed by atoms with Crippen molar-refractivity contribution in [3.05, 3.63) is 11.6 Å². The fraction of sp³-hybridized carbons (Fsp3) is 0.913. The first-order chi connectivity index (χ1) is 28.2. The Bertz CT molecular complexity index is 1430. The van der Waals surface area contributed by atoms with Gasteiger partial charge >= 0.3 is 5.97 Å². The number of cyclic esters (lactones) is 1. The van der Waals surface area contributed by atoms with Gasteiger partial charge in [0.2, 0.25) is 5.91 Å². The van der Waals surface area contributed by atoms with Crippen molar-refractivity contribution in [3.8, 4) is 0 Å². The Morgan fingerprint density at radius 3 is 2.23 bits per heavy atom. The lowest BCUT2D eigenvalue weighted by Gasteiger charge is -2.51. The highest BCUT2D eigenvalue weighted by molar-refractivity contribution is 5.87. The van der Waals surface area contributed by atoms with E-state index in [-0.39, 0.29) is 43.2 Å². The fourth-order valence-electron chi connectivity index (χ4n) is 10.3. The predicted octanol–water partition coefficient (Wildman–Crippen LogP) is 3.67. The van der Waals surface area contributed by atoms with Crippen LogP contribution in [0.3, 0.4) is 0 Å². The van der Waals surface area contributed by atoms with Crippen molar-refractivity contribution in [2.24, 2.45) is 23.7 Å². The number of nitrogens with one attached hydrogen (secondary N) is 1. The summed E-state index contributed by atoms with van der Waals surface area (Å²) in [5.41, 5.74) is -3.44. The Hall–Kier alpha value is -1.76. The van der Waals surface area contributed by atoms with Gasteiger partial charge in [0.1, 0.15) is 30.0 Å². The van der Waals surface area contributed by atoms with Gasteiger partial charge in [0.05, 0.1) is 41.5 Å². The molecule has 3 saturated heterocycles. The van der Waals surface area contributed by atoms with E-state index in [9.17, 15) is 30.0 Å². The zero-order valence-corrected chi connectivity index (χ0v) is 40.3. The molecule has 3 aliphatic rings. The van der Waals surface area contributed by atoms with E-state index in [2.05, 4.69) is 10.2 Å². The van der Waals surface area contributed by atoms with Crippen LogP contribution in [0.5, 0.6) is 0 Å². The Morgan fingerprint density at radius 2 is 1.66 bits per heavy atom. The summed E-state index contributed by atoms with van der Waals surface area (Å²) in [5.74, 6) is -3.08. The van der Waals surface area contributed by atoms with E-state index in [0.29, 0.717) is 32.5 Å². The predicted molar refractivity (Wildman–Crippen MR) is 234 cm³/mol. The average molecular weight is 872 g/mol. The number of nitrogens with zero attached hydrogens (tertiary/aromatic N) is 2. The van der Waals surface area contributed by atoms with Crippen LogP contribution < -0.4 is 5.32 Å². The zero-order valence-electron chi connectivity index (χ0n) is 40.3. The monoisotopic (exact) mass is 872 g/mol. The molecule has 0 aromatic heterocycles. The van der Waals surface area contributed by atoms with E-state index in [1.165, 1.54) is 6.92 Å². The SMILES string of the molecule is CC[C@H]1OC(=O)[C@H](C)C([C@H]2C[C@@](C)(OC)[C@@H](O)[C@H](C)O2)[C@H](C)[C@@H](O[C@@H]2O[C@H](C)C[C@H](N(C)C)[C@H]2OCCCNC(=O)C=C(C)C)[C@](C)(O)C[C@@H](C)CN(C)[C@H](C)[C@@H](O)[C@]1(C)O. The smallest absolute Gasteiger partial charge is 0.309 e. The summed E-state index contributed by atoms with van der Waals surface area (Å²) in [6, 6.07) is -0.655. The normalized spacial score (nSPS) is 43.8. The van der Waals surface area contributed by atoms with Gasteiger partial charge in [0, 0.05) is 57.3 Å². The van der Waals surface area contributed by atoms with E-state index >= 15 is 0 Å². The molecule has 0 radical (unpaired) electrons. The number of amides is 1. The number of aliphatic hydroxyl groups excluding tert-OH is 2. The Morgan fingerprint density at radius 1 is 1.02 bits per heavy atom. The first-order valence-corrected chi connectivity index (χ1v) is 22.7. The van der Waals surface area contributed by atoms with Gasteiger partial charge in [0.25, 0.3) is 0 Å². The number of methoxy groups -OCH3 is 1. The first kappa shape index (κ1) is 53.6. The van der Waals surface area contributed by atoms with Crippen molar-refractivity contribution in [1.82, 2.24) is 15.1 Å². The van der Waals surface area contributed by atoms with Gasteiger partial charge in [-0.05, 0) is 114 Å². The number of allylic oxidation sites excluding steroid dienone is 1. The van der Waals surface area contributed by atoms with Crippen LogP contribution in [0.15, 0.2) is 11.6 Å². The summed E-state index contributed by atoms with van der Waals surface area (Å²) in [6.07, 6.45) is -3.84. The second-order valence-corrected chi connectivity index (χ2v) is 20.0. The van der Waals surface area contributed by atoms with Crippen LogP contribution in [0, 0.1) is 23.7 Å². The van der Waals surface area contributed by atoms with Gasteiger partial charge in [-0.1, -0.05) is 33.3 Å². The minimum Gasteiger partial charge on any atom is -0.459 e. The molecule has 0 aliphatic carbocycles. The molecule has 3 aliphatic heterocycles. The lowest BCUT2D eigenvalue weighted by atomic mass is 9.68. The largest absolute Gasteiger partial charge is 0.459 e. The van der Waals surface area contributed by atoms with Crippen LogP contribution in [0.25, 0.3) is 0 Å². The summed E-state index contributed by atoms with van der Waals surface area (Å²) < 4.78 is 39.2. The maximum Gasteiger partial charge on any atom is 0.309 e. The molecule has 3 rings (SSSR count). The number of carbonyl (C=O) groups is 2. The van der Waals surface area contributed by atoms with Crippen molar-refractivity contribution < 1.29 is 58.4 Å². The molecule has 61 heavy (non-hydrogen) atoms. The van der Waals surface area contributed by atoms with E-state index in [0.717, 1.165) is 5.57 Å². The molecule has 0 bridgehead atoms. The van der Waals surface area contributed by atoms with Crippen molar-refractivity contribution in [3.63, 3.8) is 0 Å². The highest BCUT2D eigenvalue weighted by Crippen LogP contribution is 2.45.